The van der Waals surface area contributed by atoms with Gasteiger partial charge in [0.15, 0.2) is 5.69 Å². The SMILES string of the molecule is CCCCCc1c2c(C)c(C(=O)OCC)nc-2cc2n1C(C)C(C)=C2C.Cl. The van der Waals surface area contributed by atoms with Crippen molar-refractivity contribution in [3.63, 3.8) is 0 Å². The maximum atomic E-state index is 12.3. The Morgan fingerprint density at radius 1 is 1.22 bits per heavy atom. The smallest absolute Gasteiger partial charge is 0.357 e. The molecule has 4 nitrogen and oxygen atoms in total. The summed E-state index contributed by atoms with van der Waals surface area (Å²) in [5, 5.41) is 0. The number of fused-ring (bicyclic) bond motifs is 2. The van der Waals surface area contributed by atoms with Crippen LogP contribution in [0.5, 0.6) is 0 Å². The summed E-state index contributed by atoms with van der Waals surface area (Å²) in [6.07, 6.45) is 4.57. The molecule has 5 heteroatoms. The van der Waals surface area contributed by atoms with Gasteiger partial charge in [0.2, 0.25) is 0 Å². The Morgan fingerprint density at radius 3 is 2.56 bits per heavy atom. The summed E-state index contributed by atoms with van der Waals surface area (Å²) in [5.74, 6) is -0.317. The quantitative estimate of drug-likeness (QED) is 0.449. The van der Waals surface area contributed by atoms with Crippen molar-refractivity contribution in [2.75, 3.05) is 6.61 Å². The molecule has 1 unspecified atom stereocenters. The number of carbonyl (C=O) groups excluding carboxylic acids is 1. The summed E-state index contributed by atoms with van der Waals surface area (Å²) in [6, 6.07) is 2.50. The molecular weight excluding hydrogens is 360 g/mol. The largest absolute Gasteiger partial charge is 0.461 e. The minimum Gasteiger partial charge on any atom is -0.461 e. The summed E-state index contributed by atoms with van der Waals surface area (Å²) in [7, 11) is 0. The lowest BCUT2D eigenvalue weighted by Crippen LogP contribution is -2.13. The molecule has 27 heavy (non-hydrogen) atoms. The maximum Gasteiger partial charge on any atom is 0.357 e. The fourth-order valence-electron chi connectivity index (χ4n) is 4.13. The third kappa shape index (κ3) is 3.52. The molecule has 0 amide bonds. The fraction of sp³-hybridized carbons (Fsp3) is 0.545. The van der Waals surface area contributed by atoms with Crippen LogP contribution in [0.15, 0.2) is 11.6 Å². The number of nitrogens with zero attached hydrogens (tertiary/aromatic N) is 2. The van der Waals surface area contributed by atoms with Crippen molar-refractivity contribution in [3.8, 4) is 11.3 Å². The molecule has 0 aliphatic carbocycles. The van der Waals surface area contributed by atoms with E-state index in [0.717, 1.165) is 29.7 Å². The zero-order valence-corrected chi connectivity index (χ0v) is 18.1. The molecule has 0 saturated carbocycles. The predicted octanol–water partition coefficient (Wildman–Crippen LogP) is 6.00. The minimum atomic E-state index is -0.317. The van der Waals surface area contributed by atoms with E-state index >= 15 is 0 Å². The van der Waals surface area contributed by atoms with E-state index in [2.05, 4.69) is 43.3 Å². The molecule has 0 spiro atoms. The third-order valence-electron chi connectivity index (χ3n) is 5.81. The predicted molar refractivity (Wildman–Crippen MR) is 113 cm³/mol. The first-order valence-corrected chi connectivity index (χ1v) is 9.81. The van der Waals surface area contributed by atoms with Crippen LogP contribution in [-0.2, 0) is 11.2 Å². The van der Waals surface area contributed by atoms with Gasteiger partial charge in [0, 0.05) is 17.0 Å². The van der Waals surface area contributed by atoms with Crippen molar-refractivity contribution in [3.05, 3.63) is 34.3 Å². The van der Waals surface area contributed by atoms with Crippen LogP contribution in [0.4, 0.5) is 0 Å². The number of halogens is 1. The van der Waals surface area contributed by atoms with Crippen molar-refractivity contribution < 1.29 is 9.53 Å². The molecule has 3 heterocycles. The Labute approximate surface area is 168 Å². The van der Waals surface area contributed by atoms with Gasteiger partial charge in [-0.1, -0.05) is 19.8 Å². The van der Waals surface area contributed by atoms with E-state index in [0.29, 0.717) is 18.3 Å². The Kier molecular flexibility index (Phi) is 6.74. The van der Waals surface area contributed by atoms with Crippen LogP contribution in [0.2, 0.25) is 0 Å². The zero-order valence-electron chi connectivity index (χ0n) is 17.3. The van der Waals surface area contributed by atoms with Crippen LogP contribution in [-0.4, -0.2) is 22.1 Å². The highest BCUT2D eigenvalue weighted by atomic mass is 35.5. The van der Waals surface area contributed by atoms with E-state index in [-0.39, 0.29) is 18.4 Å². The lowest BCUT2D eigenvalue weighted by Gasteiger charge is -2.22. The Bertz CT molecular complexity index is 851. The van der Waals surface area contributed by atoms with Gasteiger partial charge in [-0.3, -0.25) is 0 Å². The van der Waals surface area contributed by atoms with E-state index in [9.17, 15) is 4.79 Å². The molecule has 0 aromatic carbocycles. The number of allylic oxidation sites excluding steroid dienone is 2. The number of ether oxygens (including phenoxy) is 1. The molecule has 0 aromatic rings. The van der Waals surface area contributed by atoms with E-state index < -0.39 is 0 Å². The highest BCUT2D eigenvalue weighted by Gasteiger charge is 2.31. The van der Waals surface area contributed by atoms with Crippen LogP contribution in [0, 0.1) is 6.92 Å². The lowest BCUT2D eigenvalue weighted by molar-refractivity contribution is 0.0519. The highest BCUT2D eigenvalue weighted by Crippen LogP contribution is 2.43. The summed E-state index contributed by atoms with van der Waals surface area (Å²) in [4.78, 5) is 17.0. The maximum absolute atomic E-state index is 12.3. The standard InChI is InChI=1S/C22H30N2O2.ClH/c1-7-9-10-11-18-20-15(5)21(22(25)26-8-2)23-17(20)12-19-14(4)13(3)16(6)24(18)19;/h12,16H,7-11H2,1-6H3;1H. The first-order chi connectivity index (χ1) is 12.4. The van der Waals surface area contributed by atoms with E-state index in [1.807, 2.05) is 13.8 Å². The average molecular weight is 391 g/mol. The number of pyridine rings is 1. The van der Waals surface area contributed by atoms with Crippen LogP contribution >= 0.6 is 12.4 Å². The van der Waals surface area contributed by atoms with E-state index in [1.165, 1.54) is 35.4 Å². The van der Waals surface area contributed by atoms with Gasteiger partial charge in [0.1, 0.15) is 0 Å². The van der Waals surface area contributed by atoms with Gasteiger partial charge in [-0.2, -0.15) is 0 Å². The Hall–Kier alpha value is -1.81. The summed E-state index contributed by atoms with van der Waals surface area (Å²) < 4.78 is 7.68. The second-order valence-corrected chi connectivity index (χ2v) is 7.35. The van der Waals surface area contributed by atoms with Gasteiger partial charge in [-0.25, -0.2) is 9.78 Å². The molecule has 1 atom stereocenters. The van der Waals surface area contributed by atoms with Gasteiger partial charge in [0.25, 0.3) is 0 Å². The minimum absolute atomic E-state index is 0. The molecule has 0 saturated heterocycles. The molecule has 148 valence electrons. The van der Waals surface area contributed by atoms with Crippen molar-refractivity contribution in [2.45, 2.75) is 73.3 Å². The van der Waals surface area contributed by atoms with Crippen molar-refractivity contribution >= 4 is 23.9 Å². The monoisotopic (exact) mass is 390 g/mol. The third-order valence-corrected chi connectivity index (χ3v) is 5.81. The Balaban J connectivity index is 0.00000261. The second kappa shape index (κ2) is 8.47. The first-order valence-electron chi connectivity index (χ1n) is 9.81. The first kappa shape index (κ1) is 21.5. The van der Waals surface area contributed by atoms with Crippen molar-refractivity contribution in [1.82, 2.24) is 9.55 Å². The lowest BCUT2D eigenvalue weighted by atomic mass is 9.98. The number of rotatable bonds is 6. The number of carbonyl (C=O) groups is 1. The summed E-state index contributed by atoms with van der Waals surface area (Å²) in [5.41, 5.74) is 8.78. The summed E-state index contributed by atoms with van der Waals surface area (Å²) in [6.45, 7) is 13.1. The van der Waals surface area contributed by atoms with E-state index in [4.69, 9.17) is 4.74 Å². The van der Waals surface area contributed by atoms with Gasteiger partial charge in [0.05, 0.1) is 18.3 Å². The molecule has 0 bridgehead atoms. The van der Waals surface area contributed by atoms with Crippen LogP contribution in [0.3, 0.4) is 0 Å². The molecule has 0 fully saturated rings. The molecule has 0 aromatic heterocycles. The Morgan fingerprint density at radius 2 is 1.93 bits per heavy atom. The fourth-order valence-corrected chi connectivity index (χ4v) is 4.13. The van der Waals surface area contributed by atoms with E-state index in [1.54, 1.807) is 0 Å². The molecule has 0 radical (unpaired) electrons. The topological polar surface area (TPSA) is 44.1 Å². The molecular formula is C22H31ClN2O2. The number of hydrogen-bond donors (Lipinski definition) is 0. The number of aromatic nitrogens is 2. The number of hydrogen-bond acceptors (Lipinski definition) is 3. The molecule has 3 aliphatic heterocycles. The van der Waals surface area contributed by atoms with Crippen molar-refractivity contribution in [2.24, 2.45) is 0 Å². The molecule has 3 rings (SSSR count). The van der Waals surface area contributed by atoms with Gasteiger partial charge in [-0.05, 0) is 70.2 Å². The zero-order chi connectivity index (χ0) is 19.0. The van der Waals surface area contributed by atoms with Gasteiger partial charge >= 0.3 is 5.97 Å². The summed E-state index contributed by atoms with van der Waals surface area (Å²) >= 11 is 0. The number of unbranched alkanes of at least 4 members (excludes halogenated alkanes) is 2. The normalized spacial score (nSPS) is 15.9. The van der Waals surface area contributed by atoms with Crippen LogP contribution < -0.4 is 0 Å². The van der Waals surface area contributed by atoms with Gasteiger partial charge in [-0.15, -0.1) is 12.4 Å². The second-order valence-electron chi connectivity index (χ2n) is 7.35. The van der Waals surface area contributed by atoms with Gasteiger partial charge < -0.3 is 9.30 Å². The van der Waals surface area contributed by atoms with Crippen LogP contribution in [0.25, 0.3) is 16.8 Å². The average Bonchev–Trinajstić information content (AvgIpc) is 3.06. The van der Waals surface area contributed by atoms with Crippen molar-refractivity contribution in [1.29, 1.82) is 0 Å². The highest BCUT2D eigenvalue weighted by molar-refractivity contribution is 5.94. The number of esters is 1. The van der Waals surface area contributed by atoms with Crippen LogP contribution in [0.1, 0.15) is 87.4 Å². The molecule has 0 N–H and O–H groups in total. The molecule has 3 aliphatic rings.